The van der Waals surface area contributed by atoms with Gasteiger partial charge in [0.2, 0.25) is 0 Å². The lowest BCUT2D eigenvalue weighted by atomic mass is 9.89. The van der Waals surface area contributed by atoms with E-state index >= 15 is 0 Å². The maximum Gasteiger partial charge on any atom is 0.471 e. The molecule has 0 bridgehead atoms. The Morgan fingerprint density at radius 3 is 2.55 bits per heavy atom. The number of nitrogen functional groups attached to an aromatic ring is 1. The molecule has 1 heterocycles. The fourth-order valence-corrected chi connectivity index (χ4v) is 3.09. The van der Waals surface area contributed by atoms with Gasteiger partial charge in [0.15, 0.2) is 0 Å². The number of alkyl halides is 3. The van der Waals surface area contributed by atoms with Crippen molar-refractivity contribution < 1.29 is 22.7 Å². The summed E-state index contributed by atoms with van der Waals surface area (Å²) in [7, 11) is 1.42. The number of carbonyl (C=O) groups is 1. The molecular weight excluding hydrogens is 297 g/mol. The lowest BCUT2D eigenvalue weighted by Crippen LogP contribution is -2.50. The number of amides is 1. The lowest BCUT2D eigenvalue weighted by molar-refractivity contribution is -0.184. The zero-order valence-electron chi connectivity index (χ0n) is 12.0. The predicted molar refractivity (Wildman–Crippen MR) is 75.0 cm³/mol. The summed E-state index contributed by atoms with van der Waals surface area (Å²) in [6, 6.07) is 3.23. The van der Waals surface area contributed by atoms with Crippen molar-refractivity contribution in [3.63, 3.8) is 0 Å². The molecule has 0 atom stereocenters. The van der Waals surface area contributed by atoms with Gasteiger partial charge < -0.3 is 10.5 Å². The van der Waals surface area contributed by atoms with Gasteiger partial charge in [0.1, 0.15) is 5.75 Å². The van der Waals surface area contributed by atoms with Crippen LogP contribution in [0.2, 0.25) is 0 Å². The van der Waals surface area contributed by atoms with Crippen molar-refractivity contribution in [1.82, 2.24) is 4.90 Å². The monoisotopic (exact) mass is 312 g/mol. The third kappa shape index (κ3) is 2.03. The van der Waals surface area contributed by atoms with Gasteiger partial charge in [-0.2, -0.15) is 13.2 Å². The van der Waals surface area contributed by atoms with Crippen molar-refractivity contribution in [2.45, 2.75) is 31.0 Å². The minimum absolute atomic E-state index is 0.0550. The van der Waals surface area contributed by atoms with E-state index < -0.39 is 17.6 Å². The molecule has 0 radical (unpaired) electrons. The van der Waals surface area contributed by atoms with E-state index in [2.05, 4.69) is 6.58 Å². The van der Waals surface area contributed by atoms with Gasteiger partial charge in [-0.1, -0.05) is 6.58 Å². The molecule has 3 rings (SSSR count). The highest BCUT2D eigenvalue weighted by Gasteiger charge is 2.59. The molecule has 1 aliphatic heterocycles. The van der Waals surface area contributed by atoms with Crippen LogP contribution in [-0.4, -0.2) is 29.6 Å². The molecule has 1 amide bonds. The first kappa shape index (κ1) is 14.7. The molecule has 4 nitrogen and oxygen atoms in total. The zero-order chi connectivity index (χ0) is 16.3. The molecule has 2 N–H and O–H groups in total. The largest absolute Gasteiger partial charge is 0.495 e. The van der Waals surface area contributed by atoms with E-state index in [1.165, 1.54) is 7.11 Å². The summed E-state index contributed by atoms with van der Waals surface area (Å²) in [6.07, 6.45) is -3.52. The molecule has 1 aromatic rings. The van der Waals surface area contributed by atoms with Crippen LogP contribution in [0.1, 0.15) is 24.0 Å². The van der Waals surface area contributed by atoms with E-state index in [1.54, 1.807) is 12.1 Å². The normalized spacial score (nSPS) is 19.1. The summed E-state index contributed by atoms with van der Waals surface area (Å²) in [5.74, 6) is -1.51. The highest BCUT2D eigenvalue weighted by Crippen LogP contribution is 2.53. The van der Waals surface area contributed by atoms with Gasteiger partial charge in [-0.3, -0.25) is 9.69 Å². The Hall–Kier alpha value is -2.18. The van der Waals surface area contributed by atoms with Crippen molar-refractivity contribution in [2.75, 3.05) is 12.8 Å². The Kier molecular flexibility index (Phi) is 2.95. The first-order valence-electron chi connectivity index (χ1n) is 6.77. The number of anilines is 1. The molecule has 7 heteroatoms. The van der Waals surface area contributed by atoms with E-state index in [-0.39, 0.29) is 5.70 Å². The van der Waals surface area contributed by atoms with Crippen LogP contribution in [0.5, 0.6) is 5.75 Å². The highest BCUT2D eigenvalue weighted by molar-refractivity contribution is 5.93. The molecule has 1 fully saturated rings. The van der Waals surface area contributed by atoms with Crippen molar-refractivity contribution in [2.24, 2.45) is 0 Å². The molecule has 1 saturated carbocycles. The third-order valence-corrected chi connectivity index (χ3v) is 4.30. The van der Waals surface area contributed by atoms with Crippen LogP contribution in [0.4, 0.5) is 18.9 Å². The lowest BCUT2D eigenvalue weighted by Gasteiger charge is -2.39. The number of hydrogen-bond donors (Lipinski definition) is 1. The van der Waals surface area contributed by atoms with Crippen LogP contribution in [0, 0.1) is 0 Å². The summed E-state index contributed by atoms with van der Waals surface area (Å²) in [6.45, 7) is 3.72. The molecule has 0 saturated heterocycles. The number of carbonyl (C=O) groups excluding carboxylic acids is 1. The number of nitrogens with zero attached hydrogens (tertiary/aromatic N) is 1. The third-order valence-electron chi connectivity index (χ3n) is 4.30. The number of halogens is 3. The van der Waals surface area contributed by atoms with Crippen LogP contribution in [0.15, 0.2) is 18.7 Å². The van der Waals surface area contributed by atoms with E-state index in [9.17, 15) is 18.0 Å². The van der Waals surface area contributed by atoms with Crippen LogP contribution >= 0.6 is 0 Å². The average molecular weight is 312 g/mol. The number of nitrogens with two attached hydrogens (primary N) is 1. The summed E-state index contributed by atoms with van der Waals surface area (Å²) >= 11 is 0. The summed E-state index contributed by atoms with van der Waals surface area (Å²) in [5.41, 5.74) is 6.79. The van der Waals surface area contributed by atoms with Crippen LogP contribution in [0.25, 0.3) is 5.70 Å². The second kappa shape index (κ2) is 4.41. The van der Waals surface area contributed by atoms with Crippen molar-refractivity contribution >= 4 is 17.3 Å². The van der Waals surface area contributed by atoms with Gasteiger partial charge >= 0.3 is 12.1 Å². The van der Waals surface area contributed by atoms with Crippen LogP contribution in [-0.2, 0) is 11.2 Å². The minimum Gasteiger partial charge on any atom is -0.495 e. The zero-order valence-corrected chi connectivity index (χ0v) is 12.0. The minimum atomic E-state index is -4.92. The molecule has 1 aromatic carbocycles. The van der Waals surface area contributed by atoms with Crippen molar-refractivity contribution in [3.8, 4) is 5.75 Å². The van der Waals surface area contributed by atoms with Crippen LogP contribution < -0.4 is 10.5 Å². The van der Waals surface area contributed by atoms with Gasteiger partial charge in [0.25, 0.3) is 0 Å². The molecule has 22 heavy (non-hydrogen) atoms. The highest BCUT2D eigenvalue weighted by atomic mass is 19.4. The van der Waals surface area contributed by atoms with Gasteiger partial charge in [-0.15, -0.1) is 0 Å². The number of methoxy groups -OCH3 is 1. The Bertz CT molecular complexity index is 678. The molecule has 1 spiro atoms. The number of ether oxygens (including phenoxy) is 1. The van der Waals surface area contributed by atoms with Crippen molar-refractivity contribution in [1.29, 1.82) is 0 Å². The number of hydrogen-bond acceptors (Lipinski definition) is 3. The number of benzene rings is 1. The van der Waals surface area contributed by atoms with E-state index in [0.29, 0.717) is 36.3 Å². The van der Waals surface area contributed by atoms with Gasteiger partial charge in [0, 0.05) is 11.3 Å². The Balaban J connectivity index is 2.10. The maximum atomic E-state index is 12.9. The predicted octanol–water partition coefficient (Wildman–Crippen LogP) is 2.73. The smallest absolute Gasteiger partial charge is 0.471 e. The fraction of sp³-hybridized carbons (Fsp3) is 0.400. The Morgan fingerprint density at radius 2 is 2.05 bits per heavy atom. The van der Waals surface area contributed by atoms with E-state index in [4.69, 9.17) is 10.5 Å². The van der Waals surface area contributed by atoms with E-state index in [0.717, 1.165) is 10.5 Å². The van der Waals surface area contributed by atoms with Crippen molar-refractivity contribution in [3.05, 3.63) is 29.8 Å². The first-order chi connectivity index (χ1) is 10.2. The molecule has 1 aliphatic carbocycles. The molecular formula is C15H15F3N2O2. The number of fused-ring (bicyclic) bond motifs is 1. The second-order valence-corrected chi connectivity index (χ2v) is 5.74. The Morgan fingerprint density at radius 1 is 1.41 bits per heavy atom. The standard InChI is InChI=1S/C15H15F3N2O2/c1-8-10-6-12(22-2)11(19)5-9(10)7-14(3-4-14)20(8)13(21)15(16,17)18/h5-6H,1,3-4,7,19H2,2H3. The summed E-state index contributed by atoms with van der Waals surface area (Å²) < 4.78 is 43.8. The topological polar surface area (TPSA) is 55.6 Å². The summed E-state index contributed by atoms with van der Waals surface area (Å²) in [4.78, 5) is 12.6. The quantitative estimate of drug-likeness (QED) is 0.811. The maximum absolute atomic E-state index is 12.9. The SMILES string of the molecule is C=C1c2cc(OC)c(N)cc2CC2(CC2)N1C(=O)C(F)(F)F. The van der Waals surface area contributed by atoms with E-state index in [1.807, 2.05) is 0 Å². The molecule has 118 valence electrons. The Labute approximate surface area is 125 Å². The average Bonchev–Trinajstić information content (AvgIpc) is 3.17. The number of rotatable bonds is 1. The first-order valence-corrected chi connectivity index (χ1v) is 6.77. The molecule has 0 aromatic heterocycles. The second-order valence-electron chi connectivity index (χ2n) is 5.74. The molecule has 2 aliphatic rings. The fourth-order valence-electron chi connectivity index (χ4n) is 3.09. The van der Waals surface area contributed by atoms with Gasteiger partial charge in [-0.05, 0) is 37.0 Å². The molecule has 0 unspecified atom stereocenters. The summed E-state index contributed by atoms with van der Waals surface area (Å²) in [5, 5.41) is 0. The van der Waals surface area contributed by atoms with Gasteiger partial charge in [-0.25, -0.2) is 0 Å². The van der Waals surface area contributed by atoms with Crippen LogP contribution in [0.3, 0.4) is 0 Å². The van der Waals surface area contributed by atoms with Gasteiger partial charge in [0.05, 0.1) is 18.3 Å².